The third kappa shape index (κ3) is 3.65. The molecule has 0 spiro atoms. The van der Waals surface area contributed by atoms with Crippen molar-refractivity contribution in [2.75, 3.05) is 21.3 Å². The fraction of sp³-hybridized carbons (Fsp3) is 0.250. The molecule has 29 heavy (non-hydrogen) atoms. The zero-order valence-electron chi connectivity index (χ0n) is 16.6. The van der Waals surface area contributed by atoms with E-state index < -0.39 is 11.6 Å². The second-order valence-corrected chi connectivity index (χ2v) is 7.11. The van der Waals surface area contributed by atoms with Crippen molar-refractivity contribution >= 4 is 0 Å². The molecule has 0 atom stereocenters. The van der Waals surface area contributed by atoms with Crippen molar-refractivity contribution in [3.8, 4) is 39.5 Å². The van der Waals surface area contributed by atoms with Gasteiger partial charge in [-0.3, -0.25) is 0 Å². The van der Waals surface area contributed by atoms with Gasteiger partial charge in [0, 0.05) is 28.8 Å². The molecular formula is C24H22F2O3. The third-order valence-electron chi connectivity index (χ3n) is 5.32. The Morgan fingerprint density at radius 1 is 0.655 bits per heavy atom. The van der Waals surface area contributed by atoms with Crippen LogP contribution in [0.3, 0.4) is 0 Å². The van der Waals surface area contributed by atoms with Crippen molar-refractivity contribution in [2.45, 2.75) is 18.8 Å². The van der Waals surface area contributed by atoms with Gasteiger partial charge in [-0.15, -0.1) is 0 Å². The van der Waals surface area contributed by atoms with Crippen LogP contribution in [0.5, 0.6) is 17.2 Å². The number of hydrogen-bond donors (Lipinski definition) is 0. The van der Waals surface area contributed by atoms with Gasteiger partial charge in [0.25, 0.3) is 0 Å². The molecular weight excluding hydrogens is 374 g/mol. The van der Waals surface area contributed by atoms with Gasteiger partial charge in [0.1, 0.15) is 28.9 Å². The summed E-state index contributed by atoms with van der Waals surface area (Å²) in [6.07, 6.45) is 2.12. The zero-order valence-corrected chi connectivity index (χ0v) is 16.6. The summed E-state index contributed by atoms with van der Waals surface area (Å²) in [4.78, 5) is 0. The van der Waals surface area contributed by atoms with Crippen LogP contribution in [0.15, 0.2) is 48.5 Å². The van der Waals surface area contributed by atoms with Crippen LogP contribution < -0.4 is 14.2 Å². The van der Waals surface area contributed by atoms with Crippen molar-refractivity contribution in [3.05, 3.63) is 65.7 Å². The van der Waals surface area contributed by atoms with E-state index in [1.165, 1.54) is 7.11 Å². The molecule has 5 heteroatoms. The van der Waals surface area contributed by atoms with Crippen molar-refractivity contribution in [1.29, 1.82) is 0 Å². The average molecular weight is 396 g/mol. The van der Waals surface area contributed by atoms with Gasteiger partial charge in [0.15, 0.2) is 0 Å². The third-order valence-corrected chi connectivity index (χ3v) is 5.32. The Labute approximate surface area is 168 Å². The summed E-state index contributed by atoms with van der Waals surface area (Å²) >= 11 is 0. The van der Waals surface area contributed by atoms with E-state index in [-0.39, 0.29) is 5.56 Å². The Hall–Kier alpha value is -3.08. The maximum Gasteiger partial charge on any atom is 0.134 e. The lowest BCUT2D eigenvalue weighted by atomic mass is 9.92. The molecule has 0 bridgehead atoms. The largest absolute Gasteiger partial charge is 0.497 e. The number of ether oxygens (including phenoxy) is 3. The molecule has 0 amide bonds. The smallest absolute Gasteiger partial charge is 0.134 e. The predicted octanol–water partition coefficient (Wildman–Crippen LogP) is 6.20. The van der Waals surface area contributed by atoms with Crippen LogP contribution in [0.1, 0.15) is 24.3 Å². The lowest BCUT2D eigenvalue weighted by Crippen LogP contribution is -1.97. The minimum atomic E-state index is -0.642. The van der Waals surface area contributed by atoms with Gasteiger partial charge in [0.05, 0.1) is 21.3 Å². The molecule has 0 N–H and O–H groups in total. The molecule has 1 aliphatic rings. The quantitative estimate of drug-likeness (QED) is 0.496. The van der Waals surface area contributed by atoms with Gasteiger partial charge in [-0.25, -0.2) is 8.78 Å². The fourth-order valence-electron chi connectivity index (χ4n) is 3.63. The first kappa shape index (κ1) is 19.2. The maximum absolute atomic E-state index is 14.9. The van der Waals surface area contributed by atoms with Crippen molar-refractivity contribution in [3.63, 3.8) is 0 Å². The molecule has 0 unspecified atom stereocenters. The van der Waals surface area contributed by atoms with Crippen LogP contribution in [-0.4, -0.2) is 21.3 Å². The Morgan fingerprint density at radius 3 is 1.83 bits per heavy atom. The normalized spacial score (nSPS) is 13.3. The molecule has 0 aliphatic heterocycles. The topological polar surface area (TPSA) is 27.7 Å². The van der Waals surface area contributed by atoms with Crippen LogP contribution in [0.25, 0.3) is 22.3 Å². The molecule has 3 aromatic carbocycles. The molecule has 4 rings (SSSR count). The van der Waals surface area contributed by atoms with E-state index in [1.807, 2.05) is 12.1 Å². The maximum atomic E-state index is 14.9. The van der Waals surface area contributed by atoms with Gasteiger partial charge in [-0.1, -0.05) is 6.07 Å². The highest BCUT2D eigenvalue weighted by molar-refractivity contribution is 5.79. The van der Waals surface area contributed by atoms with E-state index in [0.717, 1.165) is 35.8 Å². The van der Waals surface area contributed by atoms with Gasteiger partial charge >= 0.3 is 0 Å². The predicted molar refractivity (Wildman–Crippen MR) is 109 cm³/mol. The van der Waals surface area contributed by atoms with E-state index in [9.17, 15) is 8.78 Å². The summed E-state index contributed by atoms with van der Waals surface area (Å²) in [6, 6.07) is 13.2. The molecule has 1 fully saturated rings. The van der Waals surface area contributed by atoms with Crippen molar-refractivity contribution in [1.82, 2.24) is 0 Å². The van der Waals surface area contributed by atoms with Gasteiger partial charge < -0.3 is 14.2 Å². The van der Waals surface area contributed by atoms with Crippen LogP contribution in [-0.2, 0) is 0 Å². The molecule has 0 saturated heterocycles. The number of benzene rings is 3. The van der Waals surface area contributed by atoms with Gasteiger partial charge in [0.2, 0.25) is 0 Å². The summed E-state index contributed by atoms with van der Waals surface area (Å²) in [7, 11) is 4.67. The fourth-order valence-corrected chi connectivity index (χ4v) is 3.63. The van der Waals surface area contributed by atoms with Crippen LogP contribution in [0.2, 0.25) is 0 Å². The number of methoxy groups -OCH3 is 3. The van der Waals surface area contributed by atoms with E-state index in [4.69, 9.17) is 14.2 Å². The summed E-state index contributed by atoms with van der Waals surface area (Å²) in [5, 5.41) is 0. The summed E-state index contributed by atoms with van der Waals surface area (Å²) in [5.41, 5.74) is 2.97. The zero-order chi connectivity index (χ0) is 20.5. The lowest BCUT2D eigenvalue weighted by molar-refractivity contribution is 0.395. The van der Waals surface area contributed by atoms with E-state index in [1.54, 1.807) is 44.6 Å². The molecule has 0 heterocycles. The highest BCUT2D eigenvalue weighted by Crippen LogP contribution is 2.47. The van der Waals surface area contributed by atoms with Crippen LogP contribution >= 0.6 is 0 Å². The van der Waals surface area contributed by atoms with E-state index in [0.29, 0.717) is 28.5 Å². The van der Waals surface area contributed by atoms with Crippen LogP contribution in [0, 0.1) is 11.6 Å². The summed E-state index contributed by atoms with van der Waals surface area (Å²) < 4.78 is 45.6. The minimum Gasteiger partial charge on any atom is -0.497 e. The highest BCUT2D eigenvalue weighted by Gasteiger charge is 2.28. The molecule has 0 aromatic heterocycles. The van der Waals surface area contributed by atoms with E-state index >= 15 is 0 Å². The first-order valence-electron chi connectivity index (χ1n) is 9.45. The summed E-state index contributed by atoms with van der Waals surface area (Å²) in [6.45, 7) is 0. The highest BCUT2D eigenvalue weighted by atomic mass is 19.1. The monoisotopic (exact) mass is 396 g/mol. The van der Waals surface area contributed by atoms with Crippen molar-refractivity contribution in [2.24, 2.45) is 0 Å². The van der Waals surface area contributed by atoms with Crippen molar-refractivity contribution < 1.29 is 23.0 Å². The molecule has 3 nitrogen and oxygen atoms in total. The molecule has 150 valence electrons. The molecule has 3 aromatic rings. The lowest BCUT2D eigenvalue weighted by Gasteiger charge is -2.16. The van der Waals surface area contributed by atoms with E-state index in [2.05, 4.69) is 0 Å². The Bertz CT molecular complexity index is 1060. The van der Waals surface area contributed by atoms with Crippen LogP contribution in [0.4, 0.5) is 8.78 Å². The standard InChI is InChI=1S/C24H22F2O3/c1-27-15-6-8-17(19(10-15)14-4-5-14)20-12-21(23(26)13-22(20)25)18-9-7-16(28-2)11-24(18)29-3/h6-14H,4-5H2,1-3H3. The second-order valence-electron chi connectivity index (χ2n) is 7.11. The van der Waals surface area contributed by atoms with Gasteiger partial charge in [-0.2, -0.15) is 0 Å². The molecule has 0 radical (unpaired) electrons. The average Bonchev–Trinajstić information content (AvgIpc) is 3.58. The Kier molecular flexibility index (Phi) is 5.14. The molecule has 1 aliphatic carbocycles. The molecule has 1 saturated carbocycles. The minimum absolute atomic E-state index is 0.276. The Morgan fingerprint density at radius 2 is 1.24 bits per heavy atom. The first-order valence-corrected chi connectivity index (χ1v) is 9.45. The number of halogens is 2. The summed E-state index contributed by atoms with van der Waals surface area (Å²) in [5.74, 6) is 0.929. The second kappa shape index (κ2) is 7.74. The number of rotatable bonds is 6. The van der Waals surface area contributed by atoms with Gasteiger partial charge in [-0.05, 0) is 60.2 Å². The Balaban J connectivity index is 1.88. The SMILES string of the molecule is COc1ccc(-c2cc(-c3ccc(OC)cc3C3CC3)c(F)cc2F)c(OC)c1. The number of hydrogen-bond acceptors (Lipinski definition) is 3. The first-order chi connectivity index (χ1) is 14.0.